The van der Waals surface area contributed by atoms with E-state index in [1.54, 1.807) is 9.75 Å². The molecule has 102 heavy (non-hydrogen) atoms. The molecule has 13 aromatic rings. The van der Waals surface area contributed by atoms with Crippen LogP contribution in [0.4, 0.5) is 0 Å². The molecule has 0 aliphatic carbocycles. The van der Waals surface area contributed by atoms with Crippen molar-refractivity contribution in [3.05, 3.63) is 70.4 Å². The van der Waals surface area contributed by atoms with Gasteiger partial charge in [-0.05, 0) is 110 Å². The molecule has 0 bridgehead atoms. The first-order valence-corrected chi connectivity index (χ1v) is 46.3. The summed E-state index contributed by atoms with van der Waals surface area (Å²) in [6.07, 6.45) is 31.8. The van der Waals surface area contributed by atoms with Gasteiger partial charge in [0.05, 0.1) is 86.9 Å². The van der Waals surface area contributed by atoms with E-state index in [1.165, 1.54) is 226 Å². The van der Waals surface area contributed by atoms with Crippen molar-refractivity contribution in [2.24, 2.45) is 35.5 Å². The number of benzene rings is 3. The van der Waals surface area contributed by atoms with E-state index in [2.05, 4.69) is 176 Å². The lowest BCUT2D eigenvalue weighted by atomic mass is 9.95. The third-order valence-corrected chi connectivity index (χ3v) is 31.2. The molecule has 6 atom stereocenters. The van der Waals surface area contributed by atoms with Crippen molar-refractivity contribution in [1.82, 2.24) is 26.6 Å². The summed E-state index contributed by atoms with van der Waals surface area (Å²) in [6.45, 7) is 31.6. The van der Waals surface area contributed by atoms with E-state index in [4.69, 9.17) is 27.0 Å². The third kappa shape index (κ3) is 15.8. The van der Waals surface area contributed by atoms with Gasteiger partial charge in [-0.15, -0.1) is 68.0 Å². The number of rotatable bonds is 42. The Kier molecular flexibility index (Phi) is 26.1. The summed E-state index contributed by atoms with van der Waals surface area (Å²) in [4.78, 5) is 7.96. The van der Waals surface area contributed by atoms with Gasteiger partial charge in [0.1, 0.15) is 33.6 Å². The average molecular weight is 1520 g/mol. The lowest BCUT2D eigenvalue weighted by molar-refractivity contribution is 0.235. The van der Waals surface area contributed by atoms with E-state index >= 15 is 0 Å². The first kappa shape index (κ1) is 75.5. The van der Waals surface area contributed by atoms with Gasteiger partial charge < -0.3 is 18.6 Å². The molecule has 546 valence electrons. The third-order valence-electron chi connectivity index (χ3n) is 22.8. The summed E-state index contributed by atoms with van der Waals surface area (Å²) >= 11 is 14.4. The smallest absolute Gasteiger partial charge is 0.146 e. The molecule has 6 unspecified atom stereocenters. The second-order valence-electron chi connectivity index (χ2n) is 29.9. The summed E-state index contributed by atoms with van der Waals surface area (Å²) in [5.41, 5.74) is 14.1. The van der Waals surface area contributed by atoms with Gasteiger partial charge in [-0.3, -0.25) is 0 Å². The van der Waals surface area contributed by atoms with Crippen LogP contribution < -0.4 is 9.47 Å². The highest BCUT2D eigenvalue weighted by Crippen LogP contribution is 2.56. The van der Waals surface area contributed by atoms with E-state index in [1.807, 2.05) is 45.3 Å². The zero-order chi connectivity index (χ0) is 71.0. The predicted octanol–water partition coefficient (Wildman–Crippen LogP) is 30.4. The van der Waals surface area contributed by atoms with Crippen LogP contribution in [0.1, 0.15) is 247 Å². The molecule has 16 heteroatoms. The van der Waals surface area contributed by atoms with Crippen LogP contribution in [0.2, 0.25) is 0 Å². The van der Waals surface area contributed by atoms with Gasteiger partial charge in [0.2, 0.25) is 0 Å². The SMILES string of the molecule is CCCCC(CC)COc1c2cc(-c3ccc(-c4cc5c(s4)c4sc(CC(CC)CCCC)cc4n5CC(CC)CCCC)c4nsnc34)sc2c(OCC(CC)CCCC)c2cc(-c3ccc(-c4cc5c(s4)c4sc(CC(CC)CCCC)cc4n5CC(CC)CCCC)c4nsnc34)sc12. The van der Waals surface area contributed by atoms with E-state index in [0.717, 1.165) is 125 Å². The Morgan fingerprint density at radius 2 is 0.608 bits per heavy atom. The fourth-order valence-corrected chi connectivity index (χ4v) is 24.7. The van der Waals surface area contributed by atoms with Gasteiger partial charge in [-0.2, -0.15) is 17.5 Å². The molecule has 10 aromatic heterocycles. The van der Waals surface area contributed by atoms with Crippen LogP contribution in [0, 0.1) is 35.5 Å². The van der Waals surface area contributed by atoms with Crippen LogP contribution >= 0.6 is 91.5 Å². The number of aromatic nitrogens is 6. The highest BCUT2D eigenvalue weighted by molar-refractivity contribution is 7.30. The number of unbranched alkanes of at least 4 members (excludes halogenated alkanes) is 6. The van der Waals surface area contributed by atoms with Crippen molar-refractivity contribution in [1.29, 1.82) is 0 Å². The molecule has 0 fully saturated rings. The maximum atomic E-state index is 7.45. The average Bonchev–Trinajstić information content (AvgIpc) is 1.58. The summed E-state index contributed by atoms with van der Waals surface area (Å²) in [6, 6.07) is 24.4. The van der Waals surface area contributed by atoms with Crippen LogP contribution in [-0.2, 0) is 25.9 Å². The molecule has 0 spiro atoms. The number of ether oxygens (including phenoxy) is 2. The number of fused-ring (bicyclic) bond motifs is 10. The second-order valence-corrected chi connectivity index (χ2v) is 37.4. The van der Waals surface area contributed by atoms with Crippen molar-refractivity contribution in [3.8, 4) is 53.3 Å². The molecular weight excluding hydrogens is 1410 g/mol. The highest BCUT2D eigenvalue weighted by Gasteiger charge is 2.30. The Bertz CT molecular complexity index is 4520. The Labute approximate surface area is 640 Å². The van der Waals surface area contributed by atoms with Crippen molar-refractivity contribution in [2.75, 3.05) is 13.2 Å². The normalized spacial score (nSPS) is 14.2. The molecule has 0 saturated heterocycles. The largest absolute Gasteiger partial charge is 0.491 e. The van der Waals surface area contributed by atoms with Crippen molar-refractivity contribution >= 4 is 175 Å². The lowest BCUT2D eigenvalue weighted by Gasteiger charge is -2.19. The molecule has 10 heterocycles. The predicted molar refractivity (Wildman–Crippen MR) is 457 cm³/mol. The molecular formula is C86H112N6O2S8. The molecule has 0 N–H and O–H groups in total. The number of hydrogen-bond acceptors (Lipinski definition) is 14. The van der Waals surface area contributed by atoms with Gasteiger partial charge in [-0.1, -0.05) is 236 Å². The fourth-order valence-electron chi connectivity index (χ4n) is 16.0. The minimum Gasteiger partial charge on any atom is -0.491 e. The Morgan fingerprint density at radius 1 is 0.324 bits per heavy atom. The summed E-state index contributed by atoms with van der Waals surface area (Å²) in [5, 5.41) is 2.24. The van der Waals surface area contributed by atoms with Crippen LogP contribution in [0.25, 0.3) is 125 Å². The van der Waals surface area contributed by atoms with Crippen LogP contribution in [0.3, 0.4) is 0 Å². The Balaban J connectivity index is 0.916. The van der Waals surface area contributed by atoms with Crippen LogP contribution in [0.5, 0.6) is 11.5 Å². The minimum absolute atomic E-state index is 0.448. The summed E-state index contributed by atoms with van der Waals surface area (Å²) in [7, 11) is 0. The Hall–Kier alpha value is -4.78. The highest BCUT2D eigenvalue weighted by atomic mass is 32.1. The summed E-state index contributed by atoms with van der Waals surface area (Å²) < 4.78 is 49.2. The molecule has 0 aliphatic rings. The zero-order valence-electron chi connectivity index (χ0n) is 63.2. The van der Waals surface area contributed by atoms with E-state index in [-0.39, 0.29) is 0 Å². The summed E-state index contributed by atoms with van der Waals surface area (Å²) in [5.74, 6) is 5.59. The first-order valence-electron chi connectivity index (χ1n) is 39.9. The number of hydrogen-bond donors (Lipinski definition) is 0. The Morgan fingerprint density at radius 3 is 0.931 bits per heavy atom. The first-order chi connectivity index (χ1) is 50.0. The monoisotopic (exact) mass is 1520 g/mol. The van der Waals surface area contributed by atoms with Crippen molar-refractivity contribution < 1.29 is 9.47 Å². The van der Waals surface area contributed by atoms with Crippen molar-refractivity contribution in [2.45, 2.75) is 263 Å². The molecule has 0 saturated carbocycles. The van der Waals surface area contributed by atoms with E-state index in [0.29, 0.717) is 36.9 Å². The van der Waals surface area contributed by atoms with E-state index < -0.39 is 0 Å². The van der Waals surface area contributed by atoms with Gasteiger partial charge in [0.25, 0.3) is 0 Å². The van der Waals surface area contributed by atoms with Gasteiger partial charge >= 0.3 is 0 Å². The molecule has 0 radical (unpaired) electrons. The van der Waals surface area contributed by atoms with Gasteiger partial charge in [-0.25, -0.2) is 0 Å². The number of nitrogens with zero attached hydrogens (tertiary/aromatic N) is 6. The molecule has 0 aliphatic heterocycles. The maximum absolute atomic E-state index is 7.45. The molecule has 13 rings (SSSR count). The lowest BCUT2D eigenvalue weighted by Crippen LogP contribution is -2.12. The zero-order valence-corrected chi connectivity index (χ0v) is 69.7. The molecule has 8 nitrogen and oxygen atoms in total. The quantitative estimate of drug-likeness (QED) is 0.0379. The van der Waals surface area contributed by atoms with Gasteiger partial charge in [0.15, 0.2) is 0 Å². The topological polar surface area (TPSA) is 79.9 Å². The number of thiophene rings is 6. The maximum Gasteiger partial charge on any atom is 0.146 e. The molecule has 3 aromatic carbocycles. The fraction of sp³-hybridized carbons (Fsp3) is 0.558. The van der Waals surface area contributed by atoms with E-state index in [9.17, 15) is 0 Å². The molecule has 0 amide bonds. The van der Waals surface area contributed by atoms with Crippen LogP contribution in [0.15, 0.2) is 60.7 Å². The minimum atomic E-state index is 0.448. The van der Waals surface area contributed by atoms with Crippen LogP contribution in [-0.4, -0.2) is 39.8 Å². The second kappa shape index (κ2) is 35.3. The van der Waals surface area contributed by atoms with Crippen molar-refractivity contribution in [3.63, 3.8) is 0 Å². The standard InChI is InChI=1S/C86H112N6O2S8/c1-13-25-31-53(19-7)41-59-43-67-83(95-59)85-69(91(67)49-55(21-9)33-27-15-3)47-73(99-85)63-39-37-61(75-77(63)89-101-87-75)71-45-65-79(93-51-57(23-11)35-29-17-5)82-66(80(81(65)97-71)94-52-58(24-12)36-30-18-6)46-72(98-82)62-38-40-64(78-76(62)88-102-90-78)74-48-70-86(100-74)84-68(92(70)50-56(22-10)34-28-16-4)44-60(96-84)42-54(20-8)32-26-14-2/h37-40,43-48,53-58H,13-36,41-42,49-52H2,1-12H3. The van der Waals surface area contributed by atoms with Gasteiger partial charge in [0, 0.05) is 75.4 Å².